The number of hydrogen-bond acceptors (Lipinski definition) is 4. The van der Waals surface area contributed by atoms with Crippen LogP contribution in [0.1, 0.15) is 12.5 Å². The number of aryl methyl sites for hydroxylation is 1. The molecular weight excluding hydrogens is 459 g/mol. The van der Waals surface area contributed by atoms with Crippen molar-refractivity contribution in [1.82, 2.24) is 10.9 Å². The molecule has 2 aromatic carbocycles. The molecule has 2 N–H and O–H groups in total. The summed E-state index contributed by atoms with van der Waals surface area (Å²) in [5.74, 6) is -0.0504. The fraction of sp³-hybridized carbons (Fsp3) is 0.222. The van der Waals surface area contributed by atoms with Crippen molar-refractivity contribution in [3.05, 3.63) is 56.5 Å². The number of halogens is 3. The molecule has 144 valence electrons. The van der Waals surface area contributed by atoms with Crippen LogP contribution in [0.2, 0.25) is 10.0 Å². The first-order valence-electron chi connectivity index (χ1n) is 7.85. The number of ether oxygens (including phenoxy) is 2. The van der Waals surface area contributed by atoms with Crippen molar-refractivity contribution in [2.75, 3.05) is 6.61 Å². The van der Waals surface area contributed by atoms with Crippen LogP contribution in [0.15, 0.2) is 40.9 Å². The van der Waals surface area contributed by atoms with Crippen LogP contribution in [0.3, 0.4) is 0 Å². The molecular formula is C18H17BrCl2N2O4. The van der Waals surface area contributed by atoms with E-state index in [-0.39, 0.29) is 6.61 Å². The number of hydrazine groups is 1. The lowest BCUT2D eigenvalue weighted by atomic mass is 10.2. The van der Waals surface area contributed by atoms with Crippen LogP contribution < -0.4 is 20.3 Å². The number of carbonyl (C=O) groups excluding carboxylic acids is 2. The molecule has 2 rings (SSSR count). The lowest BCUT2D eigenvalue weighted by Crippen LogP contribution is -2.48. The number of nitrogens with one attached hydrogen (secondary N) is 2. The van der Waals surface area contributed by atoms with Crippen LogP contribution in [0.4, 0.5) is 0 Å². The molecule has 2 amide bonds. The van der Waals surface area contributed by atoms with Gasteiger partial charge in [0.1, 0.15) is 11.5 Å². The second-order valence-electron chi connectivity index (χ2n) is 5.57. The van der Waals surface area contributed by atoms with Gasteiger partial charge in [-0.3, -0.25) is 20.4 Å². The van der Waals surface area contributed by atoms with Crippen LogP contribution in [0, 0.1) is 6.92 Å². The van der Waals surface area contributed by atoms with Crippen LogP contribution in [0.5, 0.6) is 11.5 Å². The molecule has 0 aliphatic rings. The zero-order chi connectivity index (χ0) is 20.0. The van der Waals surface area contributed by atoms with Gasteiger partial charge in [0.05, 0.1) is 4.47 Å². The monoisotopic (exact) mass is 474 g/mol. The molecule has 0 bridgehead atoms. The standard InChI is InChI=1S/C18H17BrCl2N2O4/c1-10-7-12(20)3-5-15(10)26-9-17(24)22-23-18(25)11(2)27-16-6-4-13(21)8-14(16)19/h3-8,11H,9H2,1-2H3,(H,22,24)(H,23,25). The zero-order valence-corrected chi connectivity index (χ0v) is 17.6. The molecule has 9 heteroatoms. The molecule has 0 heterocycles. The molecule has 0 saturated carbocycles. The van der Waals surface area contributed by atoms with Crippen molar-refractivity contribution in [3.8, 4) is 11.5 Å². The number of rotatable bonds is 6. The summed E-state index contributed by atoms with van der Waals surface area (Å²) in [6.07, 6.45) is -0.845. The maximum absolute atomic E-state index is 12.0. The van der Waals surface area contributed by atoms with Gasteiger partial charge in [0.25, 0.3) is 11.8 Å². The van der Waals surface area contributed by atoms with Crippen molar-refractivity contribution < 1.29 is 19.1 Å². The molecule has 0 aromatic heterocycles. The van der Waals surface area contributed by atoms with Gasteiger partial charge in [-0.05, 0) is 71.7 Å². The van der Waals surface area contributed by atoms with E-state index in [0.29, 0.717) is 26.0 Å². The first kappa shape index (κ1) is 21.3. The average Bonchev–Trinajstić information content (AvgIpc) is 2.61. The highest BCUT2D eigenvalue weighted by atomic mass is 79.9. The summed E-state index contributed by atoms with van der Waals surface area (Å²) >= 11 is 15.0. The third kappa shape index (κ3) is 6.61. The number of amides is 2. The molecule has 0 aliphatic heterocycles. The van der Waals surface area contributed by atoms with E-state index >= 15 is 0 Å². The maximum Gasteiger partial charge on any atom is 0.279 e. The minimum absolute atomic E-state index is 0.263. The summed E-state index contributed by atoms with van der Waals surface area (Å²) < 4.78 is 11.6. The lowest BCUT2D eigenvalue weighted by molar-refractivity contribution is -0.133. The Morgan fingerprint density at radius 2 is 1.70 bits per heavy atom. The predicted octanol–water partition coefficient (Wildman–Crippen LogP) is 4.06. The van der Waals surface area contributed by atoms with Crippen LogP contribution in [0.25, 0.3) is 0 Å². The van der Waals surface area contributed by atoms with Crippen molar-refractivity contribution in [2.24, 2.45) is 0 Å². The highest BCUT2D eigenvalue weighted by Crippen LogP contribution is 2.28. The molecule has 2 aromatic rings. The SMILES string of the molecule is Cc1cc(Cl)ccc1OCC(=O)NNC(=O)C(C)Oc1ccc(Cl)cc1Br. The number of benzene rings is 2. The van der Waals surface area contributed by atoms with Crippen molar-refractivity contribution in [2.45, 2.75) is 20.0 Å². The third-order valence-corrected chi connectivity index (χ3v) is 4.48. The first-order valence-corrected chi connectivity index (χ1v) is 9.40. The Morgan fingerprint density at radius 1 is 1.07 bits per heavy atom. The summed E-state index contributed by atoms with van der Waals surface area (Å²) in [7, 11) is 0. The topological polar surface area (TPSA) is 76.7 Å². The van der Waals surface area contributed by atoms with Crippen molar-refractivity contribution in [1.29, 1.82) is 0 Å². The van der Waals surface area contributed by atoms with Gasteiger partial charge in [-0.2, -0.15) is 0 Å². The maximum atomic E-state index is 12.0. The normalized spacial score (nSPS) is 11.4. The van der Waals surface area contributed by atoms with Crippen LogP contribution in [-0.2, 0) is 9.59 Å². The van der Waals surface area contributed by atoms with E-state index < -0.39 is 17.9 Å². The molecule has 6 nitrogen and oxygen atoms in total. The summed E-state index contributed by atoms with van der Waals surface area (Å²) in [5.41, 5.74) is 5.36. The fourth-order valence-electron chi connectivity index (χ4n) is 2.00. The predicted molar refractivity (Wildman–Crippen MR) is 107 cm³/mol. The van der Waals surface area contributed by atoms with E-state index in [1.807, 2.05) is 6.92 Å². The van der Waals surface area contributed by atoms with E-state index in [4.69, 9.17) is 32.7 Å². The summed E-state index contributed by atoms with van der Waals surface area (Å²) in [4.78, 5) is 23.9. The second kappa shape index (κ2) is 9.82. The largest absolute Gasteiger partial charge is 0.483 e. The summed E-state index contributed by atoms with van der Waals surface area (Å²) in [5, 5.41) is 1.12. The zero-order valence-electron chi connectivity index (χ0n) is 14.5. The molecule has 0 spiro atoms. The molecule has 0 saturated heterocycles. The highest BCUT2D eigenvalue weighted by Gasteiger charge is 2.17. The van der Waals surface area contributed by atoms with Gasteiger partial charge in [-0.15, -0.1) is 0 Å². The first-order chi connectivity index (χ1) is 12.8. The van der Waals surface area contributed by atoms with E-state index in [1.54, 1.807) is 43.3 Å². The van der Waals surface area contributed by atoms with Crippen molar-refractivity contribution in [3.63, 3.8) is 0 Å². The minimum atomic E-state index is -0.845. The van der Waals surface area contributed by atoms with E-state index in [0.717, 1.165) is 5.56 Å². The van der Waals surface area contributed by atoms with Gasteiger partial charge < -0.3 is 9.47 Å². The molecule has 1 unspecified atom stereocenters. The van der Waals surface area contributed by atoms with Crippen LogP contribution in [-0.4, -0.2) is 24.5 Å². The van der Waals surface area contributed by atoms with Gasteiger partial charge in [-0.25, -0.2) is 0 Å². The quantitative estimate of drug-likeness (QED) is 0.617. The number of carbonyl (C=O) groups is 2. The lowest BCUT2D eigenvalue weighted by Gasteiger charge is -2.16. The Bertz CT molecular complexity index is 848. The minimum Gasteiger partial charge on any atom is -0.483 e. The van der Waals surface area contributed by atoms with Crippen LogP contribution >= 0.6 is 39.1 Å². The van der Waals surface area contributed by atoms with Gasteiger partial charge >= 0.3 is 0 Å². The Morgan fingerprint density at radius 3 is 2.33 bits per heavy atom. The van der Waals surface area contributed by atoms with Gasteiger partial charge in [0, 0.05) is 10.0 Å². The third-order valence-electron chi connectivity index (χ3n) is 3.39. The van der Waals surface area contributed by atoms with Gasteiger partial charge in [0.15, 0.2) is 12.7 Å². The molecule has 0 aliphatic carbocycles. The Balaban J connectivity index is 1.79. The highest BCUT2D eigenvalue weighted by molar-refractivity contribution is 9.10. The Kier molecular flexibility index (Phi) is 7.77. The second-order valence-corrected chi connectivity index (χ2v) is 7.30. The van der Waals surface area contributed by atoms with Gasteiger partial charge in [-0.1, -0.05) is 23.2 Å². The summed E-state index contributed by atoms with van der Waals surface area (Å²) in [6.45, 7) is 3.10. The van der Waals surface area contributed by atoms with E-state index in [1.165, 1.54) is 0 Å². The molecule has 0 fully saturated rings. The number of hydrogen-bond donors (Lipinski definition) is 2. The summed E-state index contributed by atoms with van der Waals surface area (Å²) in [6, 6.07) is 9.99. The molecule has 0 radical (unpaired) electrons. The van der Waals surface area contributed by atoms with E-state index in [9.17, 15) is 9.59 Å². The smallest absolute Gasteiger partial charge is 0.279 e. The van der Waals surface area contributed by atoms with Gasteiger partial charge in [0.2, 0.25) is 0 Å². The van der Waals surface area contributed by atoms with E-state index in [2.05, 4.69) is 26.8 Å². The van der Waals surface area contributed by atoms with Crippen molar-refractivity contribution >= 4 is 50.9 Å². The molecule has 27 heavy (non-hydrogen) atoms. The molecule has 1 atom stereocenters. The average molecular weight is 476 g/mol. The Hall–Kier alpha value is -1.96. The Labute approximate surface area is 175 Å². The fourth-order valence-corrected chi connectivity index (χ4v) is 3.00.